The predicted molar refractivity (Wildman–Crippen MR) is 184 cm³/mol. The van der Waals surface area contributed by atoms with E-state index in [0.29, 0.717) is 39.3 Å². The normalized spacial score (nSPS) is 16.4. The summed E-state index contributed by atoms with van der Waals surface area (Å²) in [5, 5.41) is 0. The number of thiazole rings is 1. The van der Waals surface area contributed by atoms with E-state index in [1.54, 1.807) is 36.1 Å². The van der Waals surface area contributed by atoms with Crippen LogP contribution in [0, 0.1) is 0 Å². The molecule has 1 atom stereocenters. The van der Waals surface area contributed by atoms with E-state index in [-0.39, 0.29) is 22.6 Å². The zero-order chi connectivity index (χ0) is 33.8. The molecule has 0 saturated heterocycles. The zero-order valence-corrected chi connectivity index (χ0v) is 28.0. The fourth-order valence-corrected chi connectivity index (χ4v) is 7.40. The first-order valence-electron chi connectivity index (χ1n) is 16.2. The van der Waals surface area contributed by atoms with E-state index >= 15 is 0 Å². The summed E-state index contributed by atoms with van der Waals surface area (Å²) in [6.07, 6.45) is 5.30. The minimum Gasteiger partial charge on any atom is -0.465 e. The van der Waals surface area contributed by atoms with Gasteiger partial charge in [-0.2, -0.15) is 0 Å². The number of methoxy groups -OCH3 is 1. The predicted octanol–water partition coefficient (Wildman–Crippen LogP) is 5.45. The maximum absolute atomic E-state index is 14.5. The van der Waals surface area contributed by atoms with Gasteiger partial charge in [0, 0.05) is 12.1 Å². The third-order valence-corrected chi connectivity index (χ3v) is 9.77. The molecule has 0 N–H and O–H groups in total. The summed E-state index contributed by atoms with van der Waals surface area (Å²) >= 11 is 1.14. The molecular formula is C38H37N3O6S. The highest BCUT2D eigenvalue weighted by Crippen LogP contribution is 2.36. The first-order valence-corrected chi connectivity index (χ1v) is 17.0. The molecule has 1 unspecified atom stereocenters. The fraction of sp³-hybridized carbons (Fsp3) is 0.289. The number of nitrogens with zero attached hydrogens (tertiary/aromatic N) is 3. The maximum Gasteiger partial charge on any atom is 0.338 e. The second-order valence-electron chi connectivity index (χ2n) is 11.8. The van der Waals surface area contributed by atoms with Gasteiger partial charge in [0.15, 0.2) is 4.80 Å². The van der Waals surface area contributed by atoms with E-state index in [0.717, 1.165) is 54.7 Å². The Labute approximate surface area is 282 Å². The average Bonchev–Trinajstić information content (AvgIpc) is 3.58. The topological polar surface area (TPSA) is 107 Å². The minimum atomic E-state index is -0.910. The van der Waals surface area contributed by atoms with Crippen molar-refractivity contribution in [1.82, 2.24) is 4.57 Å². The van der Waals surface area contributed by atoms with Crippen LogP contribution in [0.5, 0.6) is 0 Å². The van der Waals surface area contributed by atoms with Gasteiger partial charge >= 0.3 is 11.9 Å². The van der Waals surface area contributed by atoms with E-state index in [2.05, 4.69) is 6.92 Å². The standard InChI is InChI=1S/C38H37N3O6S/c1-4-5-6-7-13-22-40-29-17-12-11-16-28(29)31(34(40)42)33-35(43)41-32(26-18-20-27(21-19-26)36(44)46-3)30(24(2)39-38(41)48-33)37(45)47-23-25-14-9-8-10-15-25/h8-12,14-21,32H,4-7,13,22-23H2,1-3H3. The van der Waals surface area contributed by atoms with Crippen molar-refractivity contribution in [3.63, 3.8) is 0 Å². The third-order valence-electron chi connectivity index (χ3n) is 8.71. The number of hydrogen-bond donors (Lipinski definition) is 0. The van der Waals surface area contributed by atoms with Crippen molar-refractivity contribution in [2.75, 3.05) is 18.6 Å². The number of aromatic nitrogens is 1. The highest BCUT2D eigenvalue weighted by molar-refractivity contribution is 7.07. The molecule has 0 saturated carbocycles. The van der Waals surface area contributed by atoms with Gasteiger partial charge in [-0.25, -0.2) is 14.6 Å². The maximum atomic E-state index is 14.5. The van der Waals surface area contributed by atoms with Crippen LogP contribution in [0.1, 0.15) is 79.0 Å². The molecule has 0 radical (unpaired) electrons. The molecule has 2 aliphatic heterocycles. The summed E-state index contributed by atoms with van der Waals surface area (Å²) in [5.74, 6) is -1.33. The number of ether oxygens (including phenoxy) is 2. The van der Waals surface area contributed by atoms with Crippen molar-refractivity contribution in [2.45, 2.75) is 58.6 Å². The summed E-state index contributed by atoms with van der Waals surface area (Å²) in [4.78, 5) is 61.5. The highest BCUT2D eigenvalue weighted by Gasteiger charge is 2.37. The molecule has 10 heteroatoms. The van der Waals surface area contributed by atoms with Crippen LogP contribution in [0.25, 0.3) is 5.57 Å². The Morgan fingerprint density at radius 2 is 1.58 bits per heavy atom. The van der Waals surface area contributed by atoms with Crippen LogP contribution in [-0.2, 0) is 25.7 Å². The average molecular weight is 664 g/mol. The van der Waals surface area contributed by atoms with Crippen molar-refractivity contribution in [1.29, 1.82) is 0 Å². The molecule has 3 aromatic carbocycles. The number of carbonyl (C=O) groups is 3. The van der Waals surface area contributed by atoms with Crippen LogP contribution in [0.4, 0.5) is 5.69 Å². The number of fused-ring (bicyclic) bond motifs is 2. The number of rotatable bonds is 11. The fourth-order valence-electron chi connectivity index (χ4n) is 6.26. The number of unbranched alkanes of at least 4 members (excludes halogenated alkanes) is 4. The van der Waals surface area contributed by atoms with Crippen LogP contribution in [0.2, 0.25) is 0 Å². The number of hydrogen-bond acceptors (Lipinski definition) is 8. The summed E-state index contributed by atoms with van der Waals surface area (Å²) in [6, 6.07) is 22.5. The first kappa shape index (κ1) is 32.8. The number of allylic oxidation sites excluding steroid dienone is 1. The molecule has 1 amide bonds. The van der Waals surface area contributed by atoms with Crippen LogP contribution in [0.3, 0.4) is 0 Å². The van der Waals surface area contributed by atoms with Gasteiger partial charge < -0.3 is 14.4 Å². The lowest BCUT2D eigenvalue weighted by atomic mass is 9.95. The summed E-state index contributed by atoms with van der Waals surface area (Å²) in [7, 11) is 1.30. The van der Waals surface area contributed by atoms with Gasteiger partial charge in [-0.15, -0.1) is 0 Å². The number of esters is 2. The Bertz CT molecular complexity index is 2080. The molecule has 0 aliphatic carbocycles. The molecule has 0 spiro atoms. The highest BCUT2D eigenvalue weighted by atomic mass is 32.1. The van der Waals surface area contributed by atoms with Gasteiger partial charge in [0.25, 0.3) is 11.5 Å². The number of benzene rings is 3. The molecule has 9 nitrogen and oxygen atoms in total. The Morgan fingerprint density at radius 3 is 2.31 bits per heavy atom. The molecule has 1 aromatic heterocycles. The smallest absolute Gasteiger partial charge is 0.338 e. The van der Waals surface area contributed by atoms with E-state index < -0.39 is 23.5 Å². The van der Waals surface area contributed by atoms with Gasteiger partial charge in [0.05, 0.1) is 41.2 Å². The Hall–Kier alpha value is -5.09. The largest absolute Gasteiger partial charge is 0.465 e. The van der Waals surface area contributed by atoms with Gasteiger partial charge in [-0.1, -0.05) is 105 Å². The number of carbonyl (C=O) groups excluding carboxylic acids is 3. The van der Waals surface area contributed by atoms with Crippen LogP contribution < -0.4 is 19.8 Å². The monoisotopic (exact) mass is 663 g/mol. The molecule has 246 valence electrons. The lowest BCUT2D eigenvalue weighted by Crippen LogP contribution is -2.41. The van der Waals surface area contributed by atoms with Gasteiger partial charge in [-0.3, -0.25) is 14.2 Å². The van der Waals surface area contributed by atoms with Crippen molar-refractivity contribution < 1.29 is 23.9 Å². The zero-order valence-electron chi connectivity index (χ0n) is 27.2. The number of amides is 1. The molecule has 6 rings (SSSR count). The molecule has 48 heavy (non-hydrogen) atoms. The van der Waals surface area contributed by atoms with E-state index in [4.69, 9.17) is 14.5 Å². The summed E-state index contributed by atoms with van der Waals surface area (Å²) in [5.41, 5.74) is 3.74. The lowest BCUT2D eigenvalue weighted by molar-refractivity contribution is -0.140. The van der Waals surface area contributed by atoms with Crippen molar-refractivity contribution in [3.8, 4) is 0 Å². The van der Waals surface area contributed by atoms with Crippen molar-refractivity contribution in [3.05, 3.63) is 132 Å². The van der Waals surface area contributed by atoms with Gasteiger partial charge in [-0.05, 0) is 42.7 Å². The summed E-state index contributed by atoms with van der Waals surface area (Å²) in [6.45, 7) is 4.49. The number of anilines is 1. The molecule has 2 aliphatic rings. The minimum absolute atomic E-state index is 0.0403. The quantitative estimate of drug-likeness (QED) is 0.156. The van der Waals surface area contributed by atoms with E-state index in [9.17, 15) is 19.2 Å². The Morgan fingerprint density at radius 1 is 0.875 bits per heavy atom. The molecule has 3 heterocycles. The van der Waals surface area contributed by atoms with Crippen molar-refractivity contribution >= 4 is 40.4 Å². The number of para-hydroxylation sites is 1. The molecular weight excluding hydrogens is 627 g/mol. The van der Waals surface area contributed by atoms with Gasteiger partial charge in [0.1, 0.15) is 11.1 Å². The van der Waals surface area contributed by atoms with Crippen molar-refractivity contribution in [2.24, 2.45) is 4.99 Å². The van der Waals surface area contributed by atoms with E-state index in [1.807, 2.05) is 54.6 Å². The van der Waals surface area contributed by atoms with Crippen LogP contribution in [0.15, 0.2) is 99.9 Å². The van der Waals surface area contributed by atoms with Crippen LogP contribution >= 0.6 is 11.3 Å². The molecule has 0 bridgehead atoms. The SMILES string of the molecule is CCCCCCCN1C(=O)C(=c2sc3n(c2=O)C(c2ccc(C(=O)OC)cc2)C(C(=O)OCc2ccccc2)=C(C)N=3)c2ccccc21. The Kier molecular flexibility index (Phi) is 9.82. The lowest BCUT2D eigenvalue weighted by Gasteiger charge is -2.25. The molecule has 0 fully saturated rings. The summed E-state index contributed by atoms with van der Waals surface area (Å²) < 4.78 is 12.4. The second-order valence-corrected chi connectivity index (χ2v) is 12.8. The third kappa shape index (κ3) is 6.27. The van der Waals surface area contributed by atoms with E-state index in [1.165, 1.54) is 11.7 Å². The van der Waals surface area contributed by atoms with Gasteiger partial charge in [0.2, 0.25) is 0 Å². The molecule has 4 aromatic rings. The first-order chi connectivity index (χ1) is 23.3. The van der Waals surface area contributed by atoms with Crippen LogP contribution in [-0.4, -0.2) is 36.1 Å². The Balaban J connectivity index is 1.46. The second kappa shape index (κ2) is 14.4.